The number of rotatable bonds is 3. The van der Waals surface area contributed by atoms with Crippen molar-refractivity contribution in [2.24, 2.45) is 7.05 Å². The van der Waals surface area contributed by atoms with Gasteiger partial charge in [0.2, 0.25) is 0 Å². The number of hydrogen-bond acceptors (Lipinski definition) is 0. The summed E-state index contributed by atoms with van der Waals surface area (Å²) >= 11 is 12.6. The first kappa shape index (κ1) is 18.0. The monoisotopic (exact) mass is 447 g/mol. The molecule has 1 aliphatic rings. The first-order chi connectivity index (χ1) is 10.1. The quantitative estimate of drug-likeness (QED) is 0.499. The Morgan fingerprint density at radius 2 is 1.91 bits per heavy atom. The third kappa shape index (κ3) is 3.95. The number of halogens is 3. The lowest BCUT2D eigenvalue weighted by molar-refractivity contribution is -0.672. The van der Waals surface area contributed by atoms with E-state index in [0.717, 1.165) is 28.5 Å². The highest BCUT2D eigenvalue weighted by Gasteiger charge is 2.22. The van der Waals surface area contributed by atoms with Crippen molar-refractivity contribution in [1.29, 1.82) is 0 Å². The van der Waals surface area contributed by atoms with Crippen LogP contribution in [0.3, 0.4) is 0 Å². The Labute approximate surface area is 159 Å². The number of aromatic nitrogens is 1. The number of nitrogens with zero attached hydrogens (tertiary/aromatic N) is 1. The summed E-state index contributed by atoms with van der Waals surface area (Å²) in [5, 5.41) is 1.58. The van der Waals surface area contributed by atoms with Crippen molar-refractivity contribution in [3.63, 3.8) is 0 Å². The van der Waals surface area contributed by atoms with Crippen LogP contribution in [0.5, 0.6) is 0 Å². The second kappa shape index (κ2) is 7.98. The molecule has 1 heterocycles. The van der Waals surface area contributed by atoms with Gasteiger partial charge in [-0.1, -0.05) is 29.3 Å². The third-order valence-electron chi connectivity index (χ3n) is 4.46. The van der Waals surface area contributed by atoms with E-state index < -0.39 is 0 Å². The van der Waals surface area contributed by atoms with Crippen LogP contribution in [0.4, 0.5) is 0 Å². The van der Waals surface area contributed by atoms with Gasteiger partial charge < -0.3 is 24.0 Å². The summed E-state index contributed by atoms with van der Waals surface area (Å²) in [6, 6.07) is 8.05. The van der Waals surface area contributed by atoms with Crippen molar-refractivity contribution in [2.75, 3.05) is 0 Å². The molecule has 0 bridgehead atoms. The zero-order chi connectivity index (χ0) is 14.8. The maximum Gasteiger partial charge on any atom is 0.171 e. The standard InChI is InChI=1S/C18H20Cl2N.HI/c1-21-11-10-15-13(4-2-5-14(15)12-21)8-9-16-17(19)6-3-7-18(16)20;/h3,6-7,10-13H,2,4-5,8-9H2,1H3;1H/q+1;/p-1. The largest absolute Gasteiger partial charge is 1.00 e. The van der Waals surface area contributed by atoms with Gasteiger partial charge in [-0.15, -0.1) is 0 Å². The molecule has 3 rings (SSSR count). The van der Waals surface area contributed by atoms with Gasteiger partial charge in [-0.2, -0.15) is 0 Å². The number of fused-ring (bicyclic) bond motifs is 1. The summed E-state index contributed by atoms with van der Waals surface area (Å²) < 4.78 is 2.14. The minimum atomic E-state index is 0. The first-order valence-electron chi connectivity index (χ1n) is 7.56. The number of benzene rings is 1. The Balaban J connectivity index is 0.00000176. The summed E-state index contributed by atoms with van der Waals surface area (Å²) in [5.41, 5.74) is 4.11. The Morgan fingerprint density at radius 1 is 1.18 bits per heavy atom. The van der Waals surface area contributed by atoms with E-state index in [9.17, 15) is 0 Å². The smallest absolute Gasteiger partial charge is 0.171 e. The van der Waals surface area contributed by atoms with Crippen molar-refractivity contribution >= 4 is 23.2 Å². The fourth-order valence-electron chi connectivity index (χ4n) is 3.36. The fraction of sp³-hybridized carbons (Fsp3) is 0.389. The first-order valence-corrected chi connectivity index (χ1v) is 8.31. The van der Waals surface area contributed by atoms with Gasteiger partial charge in [0.25, 0.3) is 0 Å². The maximum absolute atomic E-state index is 6.28. The van der Waals surface area contributed by atoms with Gasteiger partial charge in [0, 0.05) is 21.7 Å². The van der Waals surface area contributed by atoms with Gasteiger partial charge >= 0.3 is 0 Å². The molecule has 1 aliphatic carbocycles. The molecule has 1 aromatic heterocycles. The van der Waals surface area contributed by atoms with E-state index in [0.29, 0.717) is 5.92 Å². The van der Waals surface area contributed by atoms with Gasteiger partial charge in [0.15, 0.2) is 12.4 Å². The van der Waals surface area contributed by atoms with Crippen molar-refractivity contribution in [1.82, 2.24) is 0 Å². The molecule has 0 saturated heterocycles. The molecular weight excluding hydrogens is 428 g/mol. The van der Waals surface area contributed by atoms with Crippen LogP contribution in [0.25, 0.3) is 0 Å². The molecule has 0 amide bonds. The summed E-state index contributed by atoms with van der Waals surface area (Å²) in [6.07, 6.45) is 10.2. The molecule has 1 unspecified atom stereocenters. The van der Waals surface area contributed by atoms with E-state index in [4.69, 9.17) is 23.2 Å². The third-order valence-corrected chi connectivity index (χ3v) is 5.17. The fourth-order valence-corrected chi connectivity index (χ4v) is 3.95. The molecule has 0 radical (unpaired) electrons. The molecule has 4 heteroatoms. The van der Waals surface area contributed by atoms with Gasteiger partial charge in [0.05, 0.1) is 0 Å². The lowest BCUT2D eigenvalue weighted by Gasteiger charge is -2.24. The Bertz CT molecular complexity index is 637. The van der Waals surface area contributed by atoms with Crippen LogP contribution in [0.15, 0.2) is 36.7 Å². The Kier molecular flexibility index (Phi) is 6.54. The van der Waals surface area contributed by atoms with E-state index >= 15 is 0 Å². The molecule has 0 fully saturated rings. The second-order valence-corrected chi connectivity index (χ2v) is 6.73. The molecule has 22 heavy (non-hydrogen) atoms. The maximum atomic E-state index is 6.28. The molecule has 1 nitrogen and oxygen atoms in total. The zero-order valence-electron chi connectivity index (χ0n) is 12.7. The molecule has 1 atom stereocenters. The van der Waals surface area contributed by atoms with Gasteiger partial charge in [-0.3, -0.25) is 0 Å². The Morgan fingerprint density at radius 3 is 2.64 bits per heavy atom. The molecule has 0 spiro atoms. The lowest BCUT2D eigenvalue weighted by atomic mass is 9.81. The average Bonchev–Trinajstić information content (AvgIpc) is 2.46. The average molecular weight is 448 g/mol. The molecule has 0 N–H and O–H groups in total. The minimum Gasteiger partial charge on any atom is -1.00 e. The highest BCUT2D eigenvalue weighted by Crippen LogP contribution is 2.35. The number of pyridine rings is 1. The van der Waals surface area contributed by atoms with Crippen molar-refractivity contribution in [3.8, 4) is 0 Å². The van der Waals surface area contributed by atoms with Crippen LogP contribution < -0.4 is 28.5 Å². The Hall–Kier alpha value is -0.320. The van der Waals surface area contributed by atoms with Gasteiger partial charge in [-0.25, -0.2) is 4.57 Å². The summed E-state index contributed by atoms with van der Waals surface area (Å²) in [7, 11) is 2.09. The van der Waals surface area contributed by atoms with E-state index in [-0.39, 0.29) is 24.0 Å². The van der Waals surface area contributed by atoms with Crippen LogP contribution in [0, 0.1) is 0 Å². The molecule has 118 valence electrons. The molecule has 2 aromatic rings. The normalized spacial score (nSPS) is 16.8. The van der Waals surface area contributed by atoms with Crippen molar-refractivity contribution in [2.45, 2.75) is 38.0 Å². The van der Waals surface area contributed by atoms with E-state index in [1.165, 1.54) is 30.4 Å². The van der Waals surface area contributed by atoms with Crippen LogP contribution in [-0.4, -0.2) is 0 Å². The summed E-state index contributed by atoms with van der Waals surface area (Å²) in [5.74, 6) is 0.627. The van der Waals surface area contributed by atoms with Crippen LogP contribution in [0.2, 0.25) is 10.0 Å². The molecule has 0 saturated carbocycles. The van der Waals surface area contributed by atoms with E-state index in [2.05, 4.69) is 30.1 Å². The topological polar surface area (TPSA) is 3.88 Å². The SMILES string of the molecule is C[n+]1ccc2c(c1)CCCC2CCc1c(Cl)cccc1Cl.[I-]. The zero-order valence-corrected chi connectivity index (χ0v) is 16.3. The molecule has 0 aliphatic heterocycles. The summed E-state index contributed by atoms with van der Waals surface area (Å²) in [4.78, 5) is 0. The van der Waals surface area contributed by atoms with E-state index in [1.54, 1.807) is 0 Å². The van der Waals surface area contributed by atoms with Gasteiger partial charge in [0.1, 0.15) is 7.05 Å². The van der Waals surface area contributed by atoms with Crippen LogP contribution in [-0.2, 0) is 19.9 Å². The van der Waals surface area contributed by atoms with Gasteiger partial charge in [-0.05, 0) is 61.3 Å². The number of aryl methyl sites for hydroxylation is 2. The van der Waals surface area contributed by atoms with E-state index in [1.807, 2.05) is 18.2 Å². The van der Waals surface area contributed by atoms with Crippen molar-refractivity contribution < 1.29 is 28.5 Å². The number of hydrogen-bond donors (Lipinski definition) is 0. The van der Waals surface area contributed by atoms with Crippen LogP contribution >= 0.6 is 23.2 Å². The van der Waals surface area contributed by atoms with Crippen LogP contribution in [0.1, 0.15) is 41.9 Å². The predicted molar refractivity (Wildman–Crippen MR) is 88.1 cm³/mol. The minimum absolute atomic E-state index is 0. The second-order valence-electron chi connectivity index (χ2n) is 5.92. The summed E-state index contributed by atoms with van der Waals surface area (Å²) in [6.45, 7) is 0. The predicted octanol–water partition coefficient (Wildman–Crippen LogP) is 1.87. The van der Waals surface area contributed by atoms with Crippen molar-refractivity contribution in [3.05, 3.63) is 63.4 Å². The highest BCUT2D eigenvalue weighted by molar-refractivity contribution is 6.35. The molecular formula is C18H20Cl2IN. The lowest BCUT2D eigenvalue weighted by Crippen LogP contribution is -3.00. The highest BCUT2D eigenvalue weighted by atomic mass is 127. The molecule has 1 aromatic carbocycles.